The lowest BCUT2D eigenvalue weighted by atomic mass is 10.3. The highest BCUT2D eigenvalue weighted by Gasteiger charge is 2.20. The largest absolute Gasteiger partial charge is 0.342 e. The number of alkyl halides is 1. The zero-order chi connectivity index (χ0) is 15.6. The van der Waals surface area contributed by atoms with E-state index in [4.69, 9.17) is 23.2 Å². The Hall–Kier alpha value is -1.26. The van der Waals surface area contributed by atoms with Gasteiger partial charge in [0.1, 0.15) is 17.9 Å². The maximum absolute atomic E-state index is 12.4. The fourth-order valence-electron chi connectivity index (χ4n) is 2.41. The number of carbonyl (C=O) groups is 1. The van der Waals surface area contributed by atoms with Gasteiger partial charge in [0, 0.05) is 13.1 Å². The molecule has 1 amide bonds. The smallest absolute Gasteiger partial charge is 0.242 e. The Morgan fingerprint density at radius 1 is 1.38 bits per heavy atom. The number of halogens is 2. The van der Waals surface area contributed by atoms with Crippen molar-refractivity contribution in [3.8, 4) is 0 Å². The summed E-state index contributed by atoms with van der Waals surface area (Å²) in [6.45, 7) is 7.38. The van der Waals surface area contributed by atoms with E-state index < -0.39 is 0 Å². The minimum atomic E-state index is -0.294. The highest BCUT2D eigenvalue weighted by molar-refractivity contribution is 6.35. The highest BCUT2D eigenvalue weighted by atomic mass is 35.5. The van der Waals surface area contributed by atoms with Gasteiger partial charge in [-0.1, -0.05) is 17.7 Å². The number of para-hydroxylation sites is 1. The van der Waals surface area contributed by atoms with Crippen LogP contribution in [0.3, 0.4) is 0 Å². The van der Waals surface area contributed by atoms with Crippen molar-refractivity contribution in [2.45, 2.75) is 32.7 Å². The molecule has 21 heavy (non-hydrogen) atoms. The first-order valence-electron chi connectivity index (χ1n) is 7.06. The Kier molecular flexibility index (Phi) is 5.12. The summed E-state index contributed by atoms with van der Waals surface area (Å²) >= 11 is 12.4. The molecule has 1 aromatic heterocycles. The lowest BCUT2D eigenvalue weighted by molar-refractivity contribution is -0.131. The zero-order valence-corrected chi connectivity index (χ0v) is 13.9. The van der Waals surface area contributed by atoms with E-state index in [-0.39, 0.29) is 17.8 Å². The van der Waals surface area contributed by atoms with Crippen molar-refractivity contribution in [1.29, 1.82) is 0 Å². The molecule has 2 aromatic rings. The molecule has 0 spiro atoms. The zero-order valence-electron chi connectivity index (χ0n) is 12.4. The first kappa shape index (κ1) is 16.1. The SMILES string of the molecule is CCN(CC)C(=O)Cn1c(C(C)Cl)nc2c(Cl)cccc21. The van der Waals surface area contributed by atoms with Crippen molar-refractivity contribution in [1.82, 2.24) is 14.5 Å². The Morgan fingerprint density at radius 3 is 2.62 bits per heavy atom. The quantitative estimate of drug-likeness (QED) is 0.782. The van der Waals surface area contributed by atoms with Crippen LogP contribution in [-0.2, 0) is 11.3 Å². The van der Waals surface area contributed by atoms with E-state index in [1.165, 1.54) is 0 Å². The maximum atomic E-state index is 12.4. The predicted octanol–water partition coefficient (Wildman–Crippen LogP) is 3.86. The Bertz CT molecular complexity index is 648. The van der Waals surface area contributed by atoms with Gasteiger partial charge in [0.2, 0.25) is 5.91 Å². The van der Waals surface area contributed by atoms with Gasteiger partial charge >= 0.3 is 0 Å². The molecule has 0 aliphatic heterocycles. The summed E-state index contributed by atoms with van der Waals surface area (Å²) in [5, 5.41) is 0.276. The van der Waals surface area contributed by atoms with E-state index in [0.717, 1.165) is 5.52 Å². The number of aromatic nitrogens is 2. The van der Waals surface area contributed by atoms with Gasteiger partial charge in [-0.25, -0.2) is 4.98 Å². The van der Waals surface area contributed by atoms with Crippen molar-refractivity contribution in [2.24, 2.45) is 0 Å². The first-order chi connectivity index (χ1) is 9.99. The summed E-state index contributed by atoms with van der Waals surface area (Å²) in [6, 6.07) is 5.55. The molecule has 4 nitrogen and oxygen atoms in total. The molecule has 0 aliphatic rings. The van der Waals surface area contributed by atoms with E-state index in [1.807, 2.05) is 37.5 Å². The van der Waals surface area contributed by atoms with Gasteiger partial charge < -0.3 is 9.47 Å². The first-order valence-corrected chi connectivity index (χ1v) is 7.87. The number of fused-ring (bicyclic) bond motifs is 1. The maximum Gasteiger partial charge on any atom is 0.242 e. The van der Waals surface area contributed by atoms with Gasteiger partial charge in [0.15, 0.2) is 0 Å². The third-order valence-electron chi connectivity index (χ3n) is 3.52. The minimum absolute atomic E-state index is 0.0536. The normalized spacial score (nSPS) is 12.6. The second-order valence-corrected chi connectivity index (χ2v) is 5.91. The molecule has 2 rings (SSSR count). The summed E-state index contributed by atoms with van der Waals surface area (Å²) < 4.78 is 1.86. The lowest BCUT2D eigenvalue weighted by Crippen LogP contribution is -2.33. The molecule has 0 saturated carbocycles. The molecular weight excluding hydrogens is 309 g/mol. The fourth-order valence-corrected chi connectivity index (χ4v) is 2.79. The number of amides is 1. The van der Waals surface area contributed by atoms with Crippen LogP contribution in [0.4, 0.5) is 0 Å². The van der Waals surface area contributed by atoms with Crippen molar-refractivity contribution < 1.29 is 4.79 Å². The Labute approximate surface area is 134 Å². The van der Waals surface area contributed by atoms with E-state index in [2.05, 4.69) is 4.98 Å². The van der Waals surface area contributed by atoms with Gasteiger partial charge in [-0.3, -0.25) is 4.79 Å². The standard InChI is InChI=1S/C15H19Cl2N3O/c1-4-19(5-2)13(21)9-20-12-8-6-7-11(17)14(12)18-15(20)10(3)16/h6-8,10H,4-5,9H2,1-3H3. The molecule has 0 N–H and O–H groups in total. The summed E-state index contributed by atoms with van der Waals surface area (Å²) in [6.07, 6.45) is 0. The van der Waals surface area contributed by atoms with Gasteiger partial charge in [-0.15, -0.1) is 11.6 Å². The van der Waals surface area contributed by atoms with Crippen LogP contribution < -0.4 is 0 Å². The molecule has 1 atom stereocenters. The van der Waals surface area contributed by atoms with Gasteiger partial charge in [-0.2, -0.15) is 0 Å². The van der Waals surface area contributed by atoms with Gasteiger partial charge in [-0.05, 0) is 32.9 Å². The van der Waals surface area contributed by atoms with E-state index >= 15 is 0 Å². The number of benzene rings is 1. The summed E-state index contributed by atoms with van der Waals surface area (Å²) in [5.74, 6) is 0.720. The summed E-state index contributed by atoms with van der Waals surface area (Å²) in [5.41, 5.74) is 1.53. The topological polar surface area (TPSA) is 38.1 Å². The molecule has 1 heterocycles. The second kappa shape index (κ2) is 6.67. The molecule has 1 aromatic carbocycles. The Balaban J connectivity index is 2.49. The molecule has 0 fully saturated rings. The van der Waals surface area contributed by atoms with Crippen molar-refractivity contribution in [3.63, 3.8) is 0 Å². The number of nitrogens with zero attached hydrogens (tertiary/aromatic N) is 3. The van der Waals surface area contributed by atoms with Crippen LogP contribution in [0.2, 0.25) is 5.02 Å². The molecule has 1 unspecified atom stereocenters. The number of imidazole rings is 1. The van der Waals surface area contributed by atoms with Gasteiger partial charge in [0.05, 0.1) is 15.9 Å². The molecule has 0 radical (unpaired) electrons. The number of hydrogen-bond donors (Lipinski definition) is 0. The van der Waals surface area contributed by atoms with Crippen LogP contribution in [0.15, 0.2) is 18.2 Å². The van der Waals surface area contributed by atoms with Crippen molar-refractivity contribution in [3.05, 3.63) is 29.0 Å². The predicted molar refractivity (Wildman–Crippen MR) is 86.9 cm³/mol. The monoisotopic (exact) mass is 327 g/mol. The summed E-state index contributed by atoms with van der Waals surface area (Å²) in [7, 11) is 0. The molecule has 0 aliphatic carbocycles. The van der Waals surface area contributed by atoms with Crippen molar-refractivity contribution >= 4 is 40.1 Å². The third kappa shape index (κ3) is 3.16. The number of carbonyl (C=O) groups excluding carboxylic acids is 1. The molecule has 0 bridgehead atoms. The lowest BCUT2D eigenvalue weighted by Gasteiger charge is -2.20. The summed E-state index contributed by atoms with van der Waals surface area (Å²) in [4.78, 5) is 18.7. The number of likely N-dealkylation sites (N-methyl/N-ethyl adjacent to an activating group) is 1. The van der Waals surface area contributed by atoms with E-state index in [0.29, 0.717) is 29.5 Å². The fraction of sp³-hybridized carbons (Fsp3) is 0.467. The molecule has 6 heteroatoms. The Morgan fingerprint density at radius 2 is 2.05 bits per heavy atom. The molecular formula is C15H19Cl2N3O. The highest BCUT2D eigenvalue weighted by Crippen LogP contribution is 2.28. The van der Waals surface area contributed by atoms with Crippen molar-refractivity contribution in [2.75, 3.05) is 13.1 Å². The van der Waals surface area contributed by atoms with Crippen LogP contribution in [-0.4, -0.2) is 33.4 Å². The van der Waals surface area contributed by atoms with Gasteiger partial charge in [0.25, 0.3) is 0 Å². The van der Waals surface area contributed by atoms with E-state index in [1.54, 1.807) is 11.0 Å². The second-order valence-electron chi connectivity index (χ2n) is 4.85. The molecule has 0 saturated heterocycles. The average molecular weight is 328 g/mol. The van der Waals surface area contributed by atoms with Crippen LogP contribution in [0.25, 0.3) is 11.0 Å². The van der Waals surface area contributed by atoms with Crippen LogP contribution >= 0.6 is 23.2 Å². The average Bonchev–Trinajstić information content (AvgIpc) is 2.81. The van der Waals surface area contributed by atoms with Crippen LogP contribution in [0.5, 0.6) is 0 Å². The molecule has 114 valence electrons. The minimum Gasteiger partial charge on any atom is -0.342 e. The third-order valence-corrected chi connectivity index (χ3v) is 4.02. The van der Waals surface area contributed by atoms with E-state index in [9.17, 15) is 4.79 Å². The number of rotatable bonds is 5. The van der Waals surface area contributed by atoms with Crippen LogP contribution in [0, 0.1) is 0 Å². The number of hydrogen-bond acceptors (Lipinski definition) is 2. The van der Waals surface area contributed by atoms with Crippen LogP contribution in [0.1, 0.15) is 32.0 Å².